The van der Waals surface area contributed by atoms with Crippen LogP contribution >= 0.6 is 0 Å². The zero-order valence-corrected chi connectivity index (χ0v) is 8.31. The second-order valence-electron chi connectivity index (χ2n) is 3.16. The Hall–Kier alpha value is -1.75. The minimum atomic E-state index is 0.162. The predicted molar refractivity (Wildman–Crippen MR) is 54.0 cm³/mol. The van der Waals surface area contributed by atoms with Gasteiger partial charge in [0, 0.05) is 0 Å². The van der Waals surface area contributed by atoms with E-state index in [1.54, 1.807) is 10.2 Å². The van der Waals surface area contributed by atoms with Crippen molar-refractivity contribution in [3.63, 3.8) is 0 Å². The fraction of sp³-hybridized carbons (Fsp3) is 0.200. The third kappa shape index (κ3) is 1.87. The quantitative estimate of drug-likeness (QED) is 0.775. The highest BCUT2D eigenvalue weighted by molar-refractivity contribution is 5.40. The van der Waals surface area contributed by atoms with Crippen LogP contribution in [0.1, 0.15) is 11.4 Å². The summed E-state index contributed by atoms with van der Waals surface area (Å²) in [5, 5.41) is 4.08. The third-order valence-electron chi connectivity index (χ3n) is 2.20. The fourth-order valence-corrected chi connectivity index (χ4v) is 1.47. The minimum Gasteiger partial charge on any atom is -0.220 e. The number of aromatic nitrogens is 3. The first kappa shape index (κ1) is 9.79. The van der Waals surface area contributed by atoms with E-state index in [1.807, 2.05) is 31.2 Å². The molecule has 78 valence electrons. The van der Waals surface area contributed by atoms with Gasteiger partial charge in [0.2, 0.25) is 0 Å². The van der Waals surface area contributed by atoms with Crippen LogP contribution in [0.2, 0.25) is 0 Å². The van der Waals surface area contributed by atoms with Gasteiger partial charge in [-0.15, -0.1) is 4.48 Å². The first-order chi connectivity index (χ1) is 7.33. The van der Waals surface area contributed by atoms with Crippen LogP contribution in [-0.4, -0.2) is 14.8 Å². The lowest BCUT2D eigenvalue weighted by atomic mass is 10.2. The van der Waals surface area contributed by atoms with Crippen molar-refractivity contribution in [3.05, 3.63) is 42.0 Å². The molecular formula is C10H11FN4. The third-order valence-corrected chi connectivity index (χ3v) is 2.20. The second-order valence-corrected chi connectivity index (χ2v) is 3.16. The summed E-state index contributed by atoms with van der Waals surface area (Å²) in [5.41, 5.74) is 3.33. The molecule has 5 heteroatoms. The fourth-order valence-electron chi connectivity index (χ4n) is 1.47. The average molecular weight is 206 g/mol. The number of aryl methyl sites for hydroxylation is 1. The molecule has 0 aliphatic heterocycles. The molecule has 2 rings (SSSR count). The van der Waals surface area contributed by atoms with Crippen molar-refractivity contribution in [1.29, 1.82) is 0 Å². The van der Waals surface area contributed by atoms with Crippen molar-refractivity contribution in [2.75, 3.05) is 0 Å². The number of halogens is 1. The summed E-state index contributed by atoms with van der Waals surface area (Å²) in [7, 11) is 0. The molecule has 0 aliphatic carbocycles. The van der Waals surface area contributed by atoms with E-state index in [-0.39, 0.29) is 6.54 Å². The van der Waals surface area contributed by atoms with Crippen molar-refractivity contribution in [3.8, 4) is 5.69 Å². The van der Waals surface area contributed by atoms with Gasteiger partial charge in [-0.25, -0.2) is 9.67 Å². The zero-order valence-electron chi connectivity index (χ0n) is 8.31. The standard InChI is InChI=1S/C10H11FN4/c1-8-12-7-14-15(8)10-5-3-2-4-9(10)6-13-11/h2-5,7,13H,6H2,1H3. The van der Waals surface area contributed by atoms with E-state index in [9.17, 15) is 4.48 Å². The number of nitrogens with zero attached hydrogens (tertiary/aromatic N) is 3. The summed E-state index contributed by atoms with van der Waals surface area (Å²) >= 11 is 0. The molecule has 1 heterocycles. The minimum absolute atomic E-state index is 0.162. The van der Waals surface area contributed by atoms with Gasteiger partial charge in [0.25, 0.3) is 0 Å². The van der Waals surface area contributed by atoms with Crippen LogP contribution in [0.15, 0.2) is 30.6 Å². The molecule has 0 radical (unpaired) electrons. The maximum Gasteiger partial charge on any atom is 0.138 e. The van der Waals surface area contributed by atoms with Crippen molar-refractivity contribution in [2.45, 2.75) is 13.5 Å². The van der Waals surface area contributed by atoms with Gasteiger partial charge in [-0.3, -0.25) is 0 Å². The largest absolute Gasteiger partial charge is 0.220 e. The lowest BCUT2D eigenvalue weighted by molar-refractivity contribution is 0.329. The summed E-state index contributed by atoms with van der Waals surface area (Å²) in [5.74, 6) is 0.779. The number of rotatable bonds is 3. The van der Waals surface area contributed by atoms with Crippen molar-refractivity contribution in [2.24, 2.45) is 0 Å². The van der Waals surface area contributed by atoms with Crippen molar-refractivity contribution >= 4 is 0 Å². The average Bonchev–Trinajstić information content (AvgIpc) is 2.66. The van der Waals surface area contributed by atoms with E-state index in [4.69, 9.17) is 0 Å². The van der Waals surface area contributed by atoms with Crippen molar-refractivity contribution < 1.29 is 4.48 Å². The molecule has 1 N–H and O–H groups in total. The van der Waals surface area contributed by atoms with Gasteiger partial charge in [-0.05, 0) is 18.6 Å². The Labute approximate surface area is 86.7 Å². The smallest absolute Gasteiger partial charge is 0.138 e. The lowest BCUT2D eigenvalue weighted by Gasteiger charge is -2.08. The molecule has 0 fully saturated rings. The Balaban J connectivity index is 2.48. The number of para-hydroxylation sites is 1. The van der Waals surface area contributed by atoms with E-state index < -0.39 is 0 Å². The van der Waals surface area contributed by atoms with E-state index in [0.29, 0.717) is 0 Å². The topological polar surface area (TPSA) is 42.7 Å². The highest BCUT2D eigenvalue weighted by Crippen LogP contribution is 2.14. The van der Waals surface area contributed by atoms with Gasteiger partial charge in [-0.2, -0.15) is 10.6 Å². The molecule has 0 unspecified atom stereocenters. The normalized spacial score (nSPS) is 10.5. The van der Waals surface area contributed by atoms with Crippen LogP contribution in [0.4, 0.5) is 4.48 Å². The summed E-state index contributed by atoms with van der Waals surface area (Å²) in [6.07, 6.45) is 1.48. The van der Waals surface area contributed by atoms with Crippen LogP contribution in [0.5, 0.6) is 0 Å². The van der Waals surface area contributed by atoms with Crippen LogP contribution in [-0.2, 0) is 6.54 Å². The Kier molecular flexibility index (Phi) is 2.73. The van der Waals surface area contributed by atoms with Gasteiger partial charge in [0.1, 0.15) is 12.2 Å². The van der Waals surface area contributed by atoms with Gasteiger partial charge in [-0.1, -0.05) is 18.2 Å². The first-order valence-electron chi connectivity index (χ1n) is 4.61. The monoisotopic (exact) mass is 206 g/mol. The molecule has 1 aromatic heterocycles. The number of nitrogens with one attached hydrogen (secondary N) is 1. The second kappa shape index (κ2) is 4.18. The molecular weight excluding hydrogens is 195 g/mol. The maximum absolute atomic E-state index is 12.1. The highest BCUT2D eigenvalue weighted by atomic mass is 19.2. The summed E-state index contributed by atoms with van der Waals surface area (Å²) in [6, 6.07) is 7.48. The van der Waals surface area contributed by atoms with Crippen LogP contribution in [0, 0.1) is 6.92 Å². The van der Waals surface area contributed by atoms with Crippen LogP contribution in [0.25, 0.3) is 5.69 Å². The number of benzene rings is 1. The van der Waals surface area contributed by atoms with E-state index in [2.05, 4.69) is 10.1 Å². The van der Waals surface area contributed by atoms with E-state index >= 15 is 0 Å². The van der Waals surface area contributed by atoms with E-state index in [0.717, 1.165) is 17.1 Å². The molecule has 15 heavy (non-hydrogen) atoms. The molecule has 2 aromatic rings. The molecule has 4 nitrogen and oxygen atoms in total. The maximum atomic E-state index is 12.1. The molecule has 0 saturated carbocycles. The van der Waals surface area contributed by atoms with Gasteiger partial charge in [0.15, 0.2) is 0 Å². The molecule has 0 saturated heterocycles. The summed E-state index contributed by atoms with van der Waals surface area (Å²) in [6.45, 7) is 2.02. The highest BCUT2D eigenvalue weighted by Gasteiger charge is 2.06. The molecule has 0 bridgehead atoms. The Bertz CT molecular complexity index is 452. The zero-order chi connectivity index (χ0) is 10.7. The SMILES string of the molecule is Cc1ncnn1-c1ccccc1CNF. The van der Waals surface area contributed by atoms with Crippen molar-refractivity contribution in [1.82, 2.24) is 20.3 Å². The van der Waals surface area contributed by atoms with Crippen LogP contribution in [0.3, 0.4) is 0 Å². The van der Waals surface area contributed by atoms with Gasteiger partial charge < -0.3 is 0 Å². The number of hydrogen-bond acceptors (Lipinski definition) is 3. The molecule has 0 spiro atoms. The Morgan fingerprint density at radius 2 is 2.20 bits per heavy atom. The lowest BCUT2D eigenvalue weighted by Crippen LogP contribution is -2.07. The van der Waals surface area contributed by atoms with Crippen LogP contribution < -0.4 is 5.54 Å². The molecule has 0 atom stereocenters. The van der Waals surface area contributed by atoms with Gasteiger partial charge in [0.05, 0.1) is 12.2 Å². The Morgan fingerprint density at radius 3 is 2.87 bits per heavy atom. The summed E-state index contributed by atoms with van der Waals surface area (Å²) < 4.78 is 13.8. The predicted octanol–water partition coefficient (Wildman–Crippen LogP) is 1.55. The number of hydrogen-bond donors (Lipinski definition) is 1. The first-order valence-corrected chi connectivity index (χ1v) is 4.61. The Morgan fingerprint density at radius 1 is 1.40 bits per heavy atom. The summed E-state index contributed by atoms with van der Waals surface area (Å²) in [4.78, 5) is 4.03. The molecule has 0 aliphatic rings. The molecule has 0 amide bonds. The van der Waals surface area contributed by atoms with Gasteiger partial charge >= 0.3 is 0 Å². The van der Waals surface area contributed by atoms with E-state index in [1.165, 1.54) is 6.33 Å². The molecule has 1 aromatic carbocycles.